The van der Waals surface area contributed by atoms with E-state index >= 15 is 0 Å². The third kappa shape index (κ3) is 2.36. The number of aromatic hydroxyl groups is 1. The Bertz CT molecular complexity index is 860. The molecule has 0 bridgehead atoms. The molecule has 106 valence electrons. The molecule has 2 aromatic carbocycles. The molecule has 4 nitrogen and oxygen atoms in total. The molecule has 1 N–H and O–H groups in total. The fraction of sp³-hybridized carbons (Fsp3) is 0.118. The van der Waals surface area contributed by atoms with Crippen LogP contribution in [-0.4, -0.2) is 12.2 Å². The quantitative estimate of drug-likeness (QED) is 0.731. The first-order chi connectivity index (χ1) is 10.1. The van der Waals surface area contributed by atoms with E-state index in [9.17, 15) is 9.90 Å². The lowest BCUT2D eigenvalue weighted by Crippen LogP contribution is -2.02. The third-order valence-electron chi connectivity index (χ3n) is 3.45. The van der Waals surface area contributed by atoms with E-state index in [1.807, 2.05) is 0 Å². The molecule has 0 saturated heterocycles. The summed E-state index contributed by atoms with van der Waals surface area (Å²) in [6, 6.07) is 12.1. The van der Waals surface area contributed by atoms with Crippen LogP contribution in [0.25, 0.3) is 22.1 Å². The molecule has 3 rings (SSSR count). The topological polar surface area (TPSA) is 59.7 Å². The number of fused-ring (bicyclic) bond motifs is 1. The lowest BCUT2D eigenvalue weighted by atomic mass is 10.0. The summed E-state index contributed by atoms with van der Waals surface area (Å²) in [6.45, 7) is 1.76. The van der Waals surface area contributed by atoms with Gasteiger partial charge < -0.3 is 14.3 Å². The lowest BCUT2D eigenvalue weighted by Gasteiger charge is -2.05. The van der Waals surface area contributed by atoms with E-state index in [-0.39, 0.29) is 5.75 Å². The molecule has 0 fully saturated rings. The first-order valence-corrected chi connectivity index (χ1v) is 6.50. The SMILES string of the molecule is COc1ccc(-c2cc3cc(O)c(C)cc3oc2=O)cc1. The zero-order chi connectivity index (χ0) is 15.0. The van der Waals surface area contributed by atoms with Gasteiger partial charge in [-0.05, 0) is 48.4 Å². The van der Waals surface area contributed by atoms with Gasteiger partial charge in [-0.1, -0.05) is 12.1 Å². The maximum absolute atomic E-state index is 12.1. The van der Waals surface area contributed by atoms with Crippen molar-refractivity contribution in [1.82, 2.24) is 0 Å². The predicted octanol–water partition coefficient (Wildman–Crippen LogP) is 3.48. The summed E-state index contributed by atoms with van der Waals surface area (Å²) >= 11 is 0. The van der Waals surface area contributed by atoms with Crippen molar-refractivity contribution in [2.45, 2.75) is 6.92 Å². The number of phenols is 1. The summed E-state index contributed by atoms with van der Waals surface area (Å²) in [5, 5.41) is 10.5. The van der Waals surface area contributed by atoms with Gasteiger partial charge >= 0.3 is 5.63 Å². The van der Waals surface area contributed by atoms with Gasteiger partial charge in [0, 0.05) is 5.39 Å². The molecule has 0 radical (unpaired) electrons. The standard InChI is InChI=1S/C17H14O4/c1-10-7-16-12(9-15(10)18)8-14(17(19)21-16)11-3-5-13(20-2)6-4-11/h3-9,18H,1-2H3. The Morgan fingerprint density at radius 1 is 1.10 bits per heavy atom. The number of hydrogen-bond acceptors (Lipinski definition) is 4. The number of methoxy groups -OCH3 is 1. The highest BCUT2D eigenvalue weighted by Crippen LogP contribution is 2.27. The van der Waals surface area contributed by atoms with Crippen LogP contribution in [-0.2, 0) is 0 Å². The Labute approximate surface area is 121 Å². The third-order valence-corrected chi connectivity index (χ3v) is 3.45. The molecule has 1 aromatic heterocycles. The van der Waals surface area contributed by atoms with Crippen LogP contribution in [0.5, 0.6) is 11.5 Å². The van der Waals surface area contributed by atoms with Crippen molar-refractivity contribution in [3.63, 3.8) is 0 Å². The Morgan fingerprint density at radius 2 is 1.81 bits per heavy atom. The molecular weight excluding hydrogens is 268 g/mol. The van der Waals surface area contributed by atoms with E-state index in [0.717, 1.165) is 11.3 Å². The number of hydrogen-bond donors (Lipinski definition) is 1. The Balaban J connectivity index is 2.20. The summed E-state index contributed by atoms with van der Waals surface area (Å²) in [4.78, 5) is 12.1. The second-order valence-corrected chi connectivity index (χ2v) is 4.85. The molecule has 0 aliphatic rings. The van der Waals surface area contributed by atoms with E-state index in [0.29, 0.717) is 22.1 Å². The van der Waals surface area contributed by atoms with Gasteiger partial charge in [0.05, 0.1) is 12.7 Å². The average molecular weight is 282 g/mol. The van der Waals surface area contributed by atoms with E-state index in [1.54, 1.807) is 56.5 Å². The molecular formula is C17H14O4. The molecule has 3 aromatic rings. The molecule has 4 heteroatoms. The van der Waals surface area contributed by atoms with Crippen molar-refractivity contribution in [2.75, 3.05) is 7.11 Å². The molecule has 21 heavy (non-hydrogen) atoms. The normalized spacial score (nSPS) is 10.8. The van der Waals surface area contributed by atoms with Gasteiger partial charge in [-0.25, -0.2) is 4.79 Å². The van der Waals surface area contributed by atoms with Gasteiger partial charge in [-0.2, -0.15) is 0 Å². The van der Waals surface area contributed by atoms with Crippen molar-refractivity contribution in [3.05, 3.63) is 58.4 Å². The molecule has 0 aliphatic heterocycles. The van der Waals surface area contributed by atoms with Crippen LogP contribution >= 0.6 is 0 Å². The Hall–Kier alpha value is -2.75. The second-order valence-electron chi connectivity index (χ2n) is 4.85. The fourth-order valence-electron chi connectivity index (χ4n) is 2.23. The highest BCUT2D eigenvalue weighted by molar-refractivity contribution is 5.83. The lowest BCUT2D eigenvalue weighted by molar-refractivity contribution is 0.415. The monoisotopic (exact) mass is 282 g/mol. The summed E-state index contributed by atoms with van der Waals surface area (Å²) in [5.74, 6) is 0.897. The minimum atomic E-state index is -0.405. The summed E-state index contributed by atoms with van der Waals surface area (Å²) in [7, 11) is 1.59. The van der Waals surface area contributed by atoms with Gasteiger partial charge in [-0.3, -0.25) is 0 Å². The molecule has 0 spiro atoms. The van der Waals surface area contributed by atoms with Crippen LogP contribution < -0.4 is 10.4 Å². The van der Waals surface area contributed by atoms with Gasteiger partial charge in [-0.15, -0.1) is 0 Å². The fourth-order valence-corrected chi connectivity index (χ4v) is 2.23. The minimum Gasteiger partial charge on any atom is -0.508 e. The molecule has 0 saturated carbocycles. The Morgan fingerprint density at radius 3 is 2.48 bits per heavy atom. The van der Waals surface area contributed by atoms with Crippen molar-refractivity contribution in [2.24, 2.45) is 0 Å². The average Bonchev–Trinajstić information content (AvgIpc) is 2.49. The van der Waals surface area contributed by atoms with E-state index in [1.165, 1.54) is 0 Å². The van der Waals surface area contributed by atoms with E-state index in [2.05, 4.69) is 0 Å². The van der Waals surface area contributed by atoms with Crippen LogP contribution in [0.4, 0.5) is 0 Å². The zero-order valence-corrected chi connectivity index (χ0v) is 11.7. The van der Waals surface area contributed by atoms with Gasteiger partial charge in [0.25, 0.3) is 0 Å². The summed E-state index contributed by atoms with van der Waals surface area (Å²) in [5.41, 5.74) is 1.92. The highest BCUT2D eigenvalue weighted by atomic mass is 16.5. The zero-order valence-electron chi connectivity index (χ0n) is 11.7. The van der Waals surface area contributed by atoms with Crippen LogP contribution in [0.3, 0.4) is 0 Å². The number of ether oxygens (including phenoxy) is 1. The minimum absolute atomic E-state index is 0.178. The van der Waals surface area contributed by atoms with Crippen LogP contribution in [0.1, 0.15) is 5.56 Å². The van der Waals surface area contributed by atoms with E-state index < -0.39 is 5.63 Å². The first kappa shape index (κ1) is 13.2. The molecule has 0 unspecified atom stereocenters. The number of aryl methyl sites for hydroxylation is 1. The number of rotatable bonds is 2. The molecule has 0 amide bonds. The van der Waals surface area contributed by atoms with E-state index in [4.69, 9.17) is 9.15 Å². The van der Waals surface area contributed by atoms with Crippen molar-refractivity contribution in [3.8, 4) is 22.6 Å². The number of phenolic OH excluding ortho intramolecular Hbond substituents is 1. The Kier molecular flexibility index (Phi) is 3.14. The van der Waals surface area contributed by atoms with Crippen molar-refractivity contribution in [1.29, 1.82) is 0 Å². The van der Waals surface area contributed by atoms with Crippen LogP contribution in [0.15, 0.2) is 51.7 Å². The van der Waals surface area contributed by atoms with Crippen LogP contribution in [0, 0.1) is 6.92 Å². The second kappa shape index (κ2) is 4.98. The first-order valence-electron chi connectivity index (χ1n) is 6.50. The predicted molar refractivity (Wildman–Crippen MR) is 80.9 cm³/mol. The van der Waals surface area contributed by atoms with Gasteiger partial charge in [0.15, 0.2) is 0 Å². The maximum atomic E-state index is 12.1. The van der Waals surface area contributed by atoms with Crippen molar-refractivity contribution >= 4 is 11.0 Å². The van der Waals surface area contributed by atoms with Gasteiger partial charge in [0.2, 0.25) is 0 Å². The molecule has 0 atom stereocenters. The summed E-state index contributed by atoms with van der Waals surface area (Å²) in [6.07, 6.45) is 0. The van der Waals surface area contributed by atoms with Crippen molar-refractivity contribution < 1.29 is 14.3 Å². The molecule has 1 heterocycles. The number of benzene rings is 2. The van der Waals surface area contributed by atoms with Crippen LogP contribution in [0.2, 0.25) is 0 Å². The highest BCUT2D eigenvalue weighted by Gasteiger charge is 2.09. The maximum Gasteiger partial charge on any atom is 0.344 e. The summed E-state index contributed by atoms with van der Waals surface area (Å²) < 4.78 is 10.4. The largest absolute Gasteiger partial charge is 0.508 e. The van der Waals surface area contributed by atoms with Gasteiger partial charge in [0.1, 0.15) is 17.1 Å². The molecule has 0 aliphatic carbocycles. The smallest absolute Gasteiger partial charge is 0.344 e.